The van der Waals surface area contributed by atoms with Gasteiger partial charge in [0, 0.05) is 4.43 Å². The van der Waals surface area contributed by atoms with Gasteiger partial charge in [-0.1, -0.05) is 22.6 Å². The molecule has 78 valence electrons. The van der Waals surface area contributed by atoms with Crippen LogP contribution in [0, 0.1) is 0 Å². The Bertz CT molecular complexity index is 167. The molecule has 1 aliphatic rings. The molecule has 4 atom stereocenters. The molecule has 4 nitrogen and oxygen atoms in total. The first-order valence-electron chi connectivity index (χ1n) is 4.36. The first-order chi connectivity index (χ1) is 6.06. The van der Waals surface area contributed by atoms with Crippen LogP contribution in [0.5, 0.6) is 0 Å². The quantitative estimate of drug-likeness (QED) is 0.580. The number of aliphatic hydroxyl groups excluding tert-OH is 1. The molecule has 1 saturated heterocycles. The summed E-state index contributed by atoms with van der Waals surface area (Å²) in [6, 6.07) is 0. The average molecular weight is 301 g/mol. The zero-order valence-electron chi connectivity index (χ0n) is 7.81. The Labute approximate surface area is 91.9 Å². The predicted octanol–water partition coefficient (Wildman–Crippen LogP) is 0.259. The minimum atomic E-state index is -0.706. The third kappa shape index (κ3) is 2.76. The third-order valence-corrected chi connectivity index (χ3v) is 2.82. The van der Waals surface area contributed by atoms with Crippen LogP contribution in [-0.2, 0) is 9.47 Å². The summed E-state index contributed by atoms with van der Waals surface area (Å²) >= 11 is 2.20. The van der Waals surface area contributed by atoms with E-state index >= 15 is 0 Å². The number of hydrogen-bond donors (Lipinski definition) is 2. The van der Waals surface area contributed by atoms with E-state index in [9.17, 15) is 5.11 Å². The first kappa shape index (κ1) is 11.6. The van der Waals surface area contributed by atoms with E-state index in [4.69, 9.17) is 15.2 Å². The molecule has 1 fully saturated rings. The molecular formula is C8H16INO3. The molecule has 0 saturated carbocycles. The Kier molecular flexibility index (Phi) is 4.37. The maximum absolute atomic E-state index is 9.63. The second-order valence-electron chi connectivity index (χ2n) is 3.43. The van der Waals surface area contributed by atoms with Gasteiger partial charge in [0.1, 0.15) is 18.4 Å². The van der Waals surface area contributed by atoms with E-state index in [0.29, 0.717) is 0 Å². The number of halogens is 1. The van der Waals surface area contributed by atoms with Crippen LogP contribution >= 0.6 is 22.6 Å². The molecule has 13 heavy (non-hydrogen) atoms. The second-order valence-corrected chi connectivity index (χ2v) is 4.31. The highest BCUT2D eigenvalue weighted by atomic mass is 127. The van der Waals surface area contributed by atoms with Crippen LogP contribution in [0.1, 0.15) is 13.8 Å². The molecule has 3 N–H and O–H groups in total. The van der Waals surface area contributed by atoms with Crippen LogP contribution in [0.15, 0.2) is 0 Å². The number of aliphatic hydroxyl groups is 1. The molecule has 0 spiro atoms. The molecule has 0 aromatic heterocycles. The molecule has 0 amide bonds. The van der Waals surface area contributed by atoms with Crippen LogP contribution in [0.3, 0.4) is 0 Å². The normalized spacial score (nSPS) is 40.2. The lowest BCUT2D eigenvalue weighted by Gasteiger charge is -2.21. The van der Waals surface area contributed by atoms with Crippen LogP contribution in [0.25, 0.3) is 0 Å². The van der Waals surface area contributed by atoms with E-state index in [0.717, 1.165) is 4.43 Å². The summed E-state index contributed by atoms with van der Waals surface area (Å²) in [6.07, 6.45) is -1.61. The van der Waals surface area contributed by atoms with Crippen molar-refractivity contribution in [2.75, 3.05) is 4.43 Å². The topological polar surface area (TPSA) is 64.7 Å². The van der Waals surface area contributed by atoms with Crippen molar-refractivity contribution in [2.24, 2.45) is 5.73 Å². The van der Waals surface area contributed by atoms with E-state index in [-0.39, 0.29) is 18.3 Å². The van der Waals surface area contributed by atoms with Gasteiger partial charge in [-0.25, -0.2) is 0 Å². The molecule has 0 aromatic rings. The summed E-state index contributed by atoms with van der Waals surface area (Å²) < 4.78 is 11.6. The highest BCUT2D eigenvalue weighted by Gasteiger charge is 2.42. The molecule has 0 aromatic carbocycles. The Morgan fingerprint density at radius 1 is 1.62 bits per heavy atom. The Hall–Kier alpha value is 0.570. The zero-order chi connectivity index (χ0) is 10.0. The number of rotatable bonds is 3. The van der Waals surface area contributed by atoms with Crippen LogP contribution in [0.4, 0.5) is 0 Å². The summed E-state index contributed by atoms with van der Waals surface area (Å²) in [5.74, 6) is 0. The average Bonchev–Trinajstić information content (AvgIpc) is 2.31. The molecule has 5 heteroatoms. The lowest BCUT2D eigenvalue weighted by Crippen LogP contribution is -2.40. The lowest BCUT2D eigenvalue weighted by atomic mass is 10.1. The summed E-state index contributed by atoms with van der Waals surface area (Å²) in [6.45, 7) is 3.86. The van der Waals surface area contributed by atoms with Gasteiger partial charge in [-0.05, 0) is 13.8 Å². The van der Waals surface area contributed by atoms with Crippen LogP contribution in [0.2, 0.25) is 0 Å². The first-order valence-corrected chi connectivity index (χ1v) is 5.89. The predicted molar refractivity (Wildman–Crippen MR) is 57.8 cm³/mol. The summed E-state index contributed by atoms with van der Waals surface area (Å²) in [4.78, 5) is 0. The van der Waals surface area contributed by atoms with Crippen molar-refractivity contribution in [1.29, 1.82) is 0 Å². The van der Waals surface area contributed by atoms with E-state index < -0.39 is 12.3 Å². The van der Waals surface area contributed by atoms with E-state index in [1.165, 1.54) is 0 Å². The number of ether oxygens (including phenoxy) is 2. The molecule has 1 heterocycles. The van der Waals surface area contributed by atoms with Gasteiger partial charge in [0.15, 0.2) is 0 Å². The highest BCUT2D eigenvalue weighted by molar-refractivity contribution is 14.1. The smallest absolute Gasteiger partial charge is 0.135 e. The van der Waals surface area contributed by atoms with Gasteiger partial charge in [-0.15, -0.1) is 0 Å². The zero-order valence-corrected chi connectivity index (χ0v) is 9.97. The molecule has 1 rings (SSSR count). The van der Waals surface area contributed by atoms with Crippen molar-refractivity contribution in [3.8, 4) is 0 Å². The minimum absolute atomic E-state index is 0.0824. The van der Waals surface area contributed by atoms with Crippen molar-refractivity contribution < 1.29 is 14.6 Å². The summed E-state index contributed by atoms with van der Waals surface area (Å²) in [7, 11) is 0. The van der Waals surface area contributed by atoms with Gasteiger partial charge in [0.05, 0.1) is 12.2 Å². The highest BCUT2D eigenvalue weighted by Crippen LogP contribution is 2.23. The van der Waals surface area contributed by atoms with Crippen molar-refractivity contribution >= 4 is 22.6 Å². The fraction of sp³-hybridized carbons (Fsp3) is 1.00. The minimum Gasteiger partial charge on any atom is -0.386 e. The number of nitrogens with two attached hydrogens (primary N) is 1. The molecule has 0 aliphatic carbocycles. The molecule has 2 unspecified atom stereocenters. The monoisotopic (exact) mass is 301 g/mol. The molecule has 0 radical (unpaired) electrons. The Morgan fingerprint density at radius 3 is 2.69 bits per heavy atom. The standard InChI is InChI=1S/C8H16INO3/c1-4(2)12-7-5(3-9)13-8(10)6(7)11/h4-8,11H,3,10H2,1-2H3/t5-,6?,7?,8-/m1/s1. The van der Waals surface area contributed by atoms with Crippen molar-refractivity contribution in [3.63, 3.8) is 0 Å². The van der Waals surface area contributed by atoms with E-state index in [2.05, 4.69) is 22.6 Å². The summed E-state index contributed by atoms with van der Waals surface area (Å²) in [5, 5.41) is 9.63. The number of hydrogen-bond acceptors (Lipinski definition) is 4. The van der Waals surface area contributed by atoms with Gasteiger partial charge < -0.3 is 20.3 Å². The van der Waals surface area contributed by atoms with Gasteiger partial charge >= 0.3 is 0 Å². The summed E-state index contributed by atoms with van der Waals surface area (Å²) in [5.41, 5.74) is 5.55. The largest absolute Gasteiger partial charge is 0.386 e. The van der Waals surface area contributed by atoms with Crippen LogP contribution < -0.4 is 5.73 Å². The van der Waals surface area contributed by atoms with Crippen LogP contribution in [-0.4, -0.2) is 40.2 Å². The maximum atomic E-state index is 9.63. The SMILES string of the molecule is CC(C)OC1C(O)[C@H](N)O[C@@H]1CI. The molecule has 0 bridgehead atoms. The van der Waals surface area contributed by atoms with Gasteiger partial charge in [0.2, 0.25) is 0 Å². The lowest BCUT2D eigenvalue weighted by molar-refractivity contribution is -0.0598. The fourth-order valence-electron chi connectivity index (χ4n) is 1.37. The number of alkyl halides is 1. The van der Waals surface area contributed by atoms with Gasteiger partial charge in [-0.3, -0.25) is 0 Å². The maximum Gasteiger partial charge on any atom is 0.135 e. The van der Waals surface area contributed by atoms with Crippen molar-refractivity contribution in [1.82, 2.24) is 0 Å². The van der Waals surface area contributed by atoms with Gasteiger partial charge in [0.25, 0.3) is 0 Å². The third-order valence-electron chi connectivity index (χ3n) is 1.95. The second kappa shape index (κ2) is 4.88. The van der Waals surface area contributed by atoms with Gasteiger partial charge in [-0.2, -0.15) is 0 Å². The van der Waals surface area contributed by atoms with E-state index in [1.807, 2.05) is 13.8 Å². The molecule has 1 aliphatic heterocycles. The van der Waals surface area contributed by atoms with Crippen molar-refractivity contribution in [2.45, 2.75) is 44.5 Å². The Balaban J connectivity index is 2.57. The molecular weight excluding hydrogens is 285 g/mol. The van der Waals surface area contributed by atoms with E-state index in [1.54, 1.807) is 0 Å². The Morgan fingerprint density at radius 2 is 2.23 bits per heavy atom. The van der Waals surface area contributed by atoms with Crippen molar-refractivity contribution in [3.05, 3.63) is 0 Å². The fourth-order valence-corrected chi connectivity index (χ4v) is 2.08.